The van der Waals surface area contributed by atoms with Crippen molar-refractivity contribution in [3.8, 4) is 0 Å². The average molecular weight is 469 g/mol. The molecule has 0 radical (unpaired) electrons. The van der Waals surface area contributed by atoms with Gasteiger partial charge in [0.1, 0.15) is 6.04 Å². The summed E-state index contributed by atoms with van der Waals surface area (Å²) in [6.07, 6.45) is 2.26. The standard InChI is InChI=1S/C25H32N4O3S/c1-17(2)15-29-9-10-32-19(16-29)14-27-24(30)22(28-25(31)23-8-5-11-33-23)12-18-13-26-21-7-4-3-6-20(18)21/h3-8,11,13,17,19,22,26H,9-10,12,14-16H2,1-2H3,(H,27,30)(H,28,31)/t19-,22+/m1/s1. The molecule has 176 valence electrons. The number of fused-ring (bicyclic) bond motifs is 1. The normalized spacial score (nSPS) is 17.8. The number of H-pyrrole nitrogens is 1. The summed E-state index contributed by atoms with van der Waals surface area (Å²) in [4.78, 5) is 32.2. The Morgan fingerprint density at radius 3 is 2.88 bits per heavy atom. The molecule has 2 amide bonds. The van der Waals surface area contributed by atoms with Gasteiger partial charge in [-0.3, -0.25) is 14.5 Å². The van der Waals surface area contributed by atoms with E-state index in [1.807, 2.05) is 41.9 Å². The maximum atomic E-state index is 13.2. The van der Waals surface area contributed by atoms with Crippen LogP contribution in [-0.2, 0) is 16.0 Å². The van der Waals surface area contributed by atoms with E-state index in [0.29, 0.717) is 30.4 Å². The van der Waals surface area contributed by atoms with Crippen LogP contribution in [-0.4, -0.2) is 66.6 Å². The lowest BCUT2D eigenvalue weighted by molar-refractivity contribution is -0.124. The van der Waals surface area contributed by atoms with Crippen LogP contribution >= 0.6 is 11.3 Å². The number of amides is 2. The number of rotatable bonds is 9. The van der Waals surface area contributed by atoms with Crippen molar-refractivity contribution in [1.29, 1.82) is 0 Å². The number of carbonyl (C=O) groups excluding carboxylic acids is 2. The Labute approximate surface area is 198 Å². The van der Waals surface area contributed by atoms with Gasteiger partial charge in [-0.1, -0.05) is 38.1 Å². The van der Waals surface area contributed by atoms with E-state index in [9.17, 15) is 9.59 Å². The van der Waals surface area contributed by atoms with E-state index >= 15 is 0 Å². The Hall–Kier alpha value is -2.68. The van der Waals surface area contributed by atoms with Crippen LogP contribution in [0.2, 0.25) is 0 Å². The molecule has 2 atom stereocenters. The van der Waals surface area contributed by atoms with Gasteiger partial charge in [0.2, 0.25) is 5.91 Å². The lowest BCUT2D eigenvalue weighted by Crippen LogP contribution is -2.52. The lowest BCUT2D eigenvalue weighted by Gasteiger charge is -2.34. The molecule has 3 N–H and O–H groups in total. The number of nitrogens with one attached hydrogen (secondary N) is 3. The van der Waals surface area contributed by atoms with Crippen LogP contribution in [0.4, 0.5) is 0 Å². The molecular weight excluding hydrogens is 436 g/mol. The molecule has 0 saturated carbocycles. The Morgan fingerprint density at radius 1 is 1.24 bits per heavy atom. The van der Waals surface area contributed by atoms with Crippen LogP contribution < -0.4 is 10.6 Å². The summed E-state index contributed by atoms with van der Waals surface area (Å²) in [6.45, 7) is 8.24. The van der Waals surface area contributed by atoms with Crippen molar-refractivity contribution in [3.63, 3.8) is 0 Å². The molecule has 0 spiro atoms. The number of hydrogen-bond donors (Lipinski definition) is 3. The molecule has 33 heavy (non-hydrogen) atoms. The predicted octanol–water partition coefficient (Wildman–Crippen LogP) is 3.04. The maximum Gasteiger partial charge on any atom is 0.262 e. The zero-order valence-electron chi connectivity index (χ0n) is 19.2. The van der Waals surface area contributed by atoms with Crippen molar-refractivity contribution in [2.45, 2.75) is 32.4 Å². The number of carbonyl (C=O) groups is 2. The molecule has 1 fully saturated rings. The quantitative estimate of drug-likeness (QED) is 0.451. The van der Waals surface area contributed by atoms with Gasteiger partial charge in [0.05, 0.1) is 17.6 Å². The van der Waals surface area contributed by atoms with Crippen molar-refractivity contribution in [3.05, 3.63) is 58.4 Å². The number of morpholine rings is 1. The molecule has 1 saturated heterocycles. The van der Waals surface area contributed by atoms with E-state index in [4.69, 9.17) is 4.74 Å². The number of aromatic nitrogens is 1. The molecule has 3 aromatic rings. The number of ether oxygens (including phenoxy) is 1. The van der Waals surface area contributed by atoms with Crippen LogP contribution in [0.3, 0.4) is 0 Å². The fourth-order valence-electron chi connectivity index (χ4n) is 4.29. The first-order valence-electron chi connectivity index (χ1n) is 11.5. The van der Waals surface area contributed by atoms with Gasteiger partial charge in [0.15, 0.2) is 0 Å². The summed E-state index contributed by atoms with van der Waals surface area (Å²) in [6, 6.07) is 10.9. The molecule has 7 nitrogen and oxygen atoms in total. The van der Waals surface area contributed by atoms with Crippen LogP contribution in [0.25, 0.3) is 10.9 Å². The summed E-state index contributed by atoms with van der Waals surface area (Å²) in [7, 11) is 0. The smallest absolute Gasteiger partial charge is 0.262 e. The van der Waals surface area contributed by atoms with Gasteiger partial charge in [-0.15, -0.1) is 11.3 Å². The number of para-hydroxylation sites is 1. The first-order valence-corrected chi connectivity index (χ1v) is 12.4. The zero-order valence-corrected chi connectivity index (χ0v) is 20.0. The fourth-order valence-corrected chi connectivity index (χ4v) is 4.92. The third kappa shape index (κ3) is 6.22. The van der Waals surface area contributed by atoms with E-state index in [1.54, 1.807) is 6.07 Å². The van der Waals surface area contributed by atoms with Gasteiger partial charge < -0.3 is 20.4 Å². The fraction of sp³-hybridized carbons (Fsp3) is 0.440. The van der Waals surface area contributed by atoms with Gasteiger partial charge in [0, 0.05) is 49.7 Å². The van der Waals surface area contributed by atoms with Crippen molar-refractivity contribution in [2.24, 2.45) is 5.92 Å². The van der Waals surface area contributed by atoms with Crippen LogP contribution in [0.15, 0.2) is 48.0 Å². The van der Waals surface area contributed by atoms with E-state index < -0.39 is 6.04 Å². The lowest BCUT2D eigenvalue weighted by atomic mass is 10.0. The topological polar surface area (TPSA) is 86.5 Å². The number of hydrogen-bond acceptors (Lipinski definition) is 5. The summed E-state index contributed by atoms with van der Waals surface area (Å²) >= 11 is 1.36. The van der Waals surface area contributed by atoms with Gasteiger partial charge >= 0.3 is 0 Å². The second-order valence-corrected chi connectivity index (χ2v) is 9.91. The SMILES string of the molecule is CC(C)CN1CCO[C@H](CNC(=O)[C@H](Cc2c[nH]c3ccccc23)NC(=O)c2cccs2)C1. The van der Waals surface area contributed by atoms with E-state index in [-0.39, 0.29) is 17.9 Å². The third-order valence-electron chi connectivity index (χ3n) is 5.82. The highest BCUT2D eigenvalue weighted by Crippen LogP contribution is 2.20. The summed E-state index contributed by atoms with van der Waals surface area (Å²) in [5.41, 5.74) is 2.01. The predicted molar refractivity (Wildman–Crippen MR) is 132 cm³/mol. The summed E-state index contributed by atoms with van der Waals surface area (Å²) in [5.74, 6) is 0.156. The molecule has 0 bridgehead atoms. The molecule has 1 aliphatic rings. The average Bonchev–Trinajstić information content (AvgIpc) is 3.47. The zero-order chi connectivity index (χ0) is 23.2. The molecule has 4 rings (SSSR count). The first-order chi connectivity index (χ1) is 16.0. The second-order valence-electron chi connectivity index (χ2n) is 8.96. The van der Waals surface area contributed by atoms with Gasteiger partial charge in [-0.25, -0.2) is 0 Å². The number of benzene rings is 1. The van der Waals surface area contributed by atoms with E-state index in [0.717, 1.165) is 36.1 Å². The number of aromatic amines is 1. The minimum atomic E-state index is -0.686. The van der Waals surface area contributed by atoms with Crippen LogP contribution in [0.1, 0.15) is 29.1 Å². The van der Waals surface area contributed by atoms with E-state index in [2.05, 4.69) is 34.4 Å². The van der Waals surface area contributed by atoms with Crippen molar-refractivity contribution >= 4 is 34.1 Å². The molecule has 2 aromatic heterocycles. The molecular formula is C25H32N4O3S. The maximum absolute atomic E-state index is 13.2. The van der Waals surface area contributed by atoms with Crippen molar-refractivity contribution < 1.29 is 14.3 Å². The Kier molecular flexibility index (Phi) is 7.80. The Balaban J connectivity index is 1.43. The summed E-state index contributed by atoms with van der Waals surface area (Å²) in [5, 5.41) is 8.87. The molecule has 1 aliphatic heterocycles. The van der Waals surface area contributed by atoms with E-state index in [1.165, 1.54) is 11.3 Å². The third-order valence-corrected chi connectivity index (χ3v) is 6.68. The monoisotopic (exact) mass is 468 g/mol. The molecule has 1 aromatic carbocycles. The Bertz CT molecular complexity index is 1060. The highest BCUT2D eigenvalue weighted by atomic mass is 32.1. The van der Waals surface area contributed by atoms with Gasteiger partial charge in [0.25, 0.3) is 5.91 Å². The van der Waals surface area contributed by atoms with Crippen molar-refractivity contribution in [2.75, 3.05) is 32.8 Å². The first kappa shape index (κ1) is 23.5. The number of thiophene rings is 1. The van der Waals surface area contributed by atoms with Gasteiger partial charge in [-0.2, -0.15) is 0 Å². The molecule has 0 unspecified atom stereocenters. The van der Waals surface area contributed by atoms with Crippen LogP contribution in [0.5, 0.6) is 0 Å². The Morgan fingerprint density at radius 2 is 2.09 bits per heavy atom. The van der Waals surface area contributed by atoms with Crippen molar-refractivity contribution in [1.82, 2.24) is 20.5 Å². The summed E-state index contributed by atoms with van der Waals surface area (Å²) < 4.78 is 5.88. The molecule has 3 heterocycles. The minimum Gasteiger partial charge on any atom is -0.374 e. The van der Waals surface area contributed by atoms with Gasteiger partial charge in [-0.05, 0) is 29.0 Å². The largest absolute Gasteiger partial charge is 0.374 e. The highest BCUT2D eigenvalue weighted by molar-refractivity contribution is 7.12. The molecule has 0 aliphatic carbocycles. The minimum absolute atomic E-state index is 0.0526. The highest BCUT2D eigenvalue weighted by Gasteiger charge is 2.26. The number of nitrogens with zero attached hydrogens (tertiary/aromatic N) is 1. The second kappa shape index (κ2) is 11.0. The van der Waals surface area contributed by atoms with Crippen LogP contribution in [0, 0.1) is 5.92 Å². The molecule has 8 heteroatoms.